The molecule has 1 aromatic rings. The predicted molar refractivity (Wildman–Crippen MR) is 79.6 cm³/mol. The first-order chi connectivity index (χ1) is 11.0. The van der Waals surface area contributed by atoms with E-state index in [9.17, 15) is 19.2 Å². The largest absolute Gasteiger partial charge is 0.467 e. The van der Waals surface area contributed by atoms with Gasteiger partial charge in [-0.15, -0.1) is 0 Å². The topological polar surface area (TPSA) is 114 Å². The number of nitrogens with one attached hydrogen (secondary N) is 2. The van der Waals surface area contributed by atoms with Crippen molar-refractivity contribution < 1.29 is 23.9 Å². The number of benzene rings is 1. The number of nitrogens with zero attached hydrogens (tertiary/aromatic N) is 1. The standard InChI is InChI=1S/C15H15N3O5/c1-23-14(21)11(7-9-5-3-2-4-6-9)16-8-10-12(19)17-15(22)18-13(10)20/h2-6,8,10-11H,7H2,1H3,(H2,17,18,19,20,22)/t11-/m0/s1. The highest BCUT2D eigenvalue weighted by Gasteiger charge is 2.33. The Bertz CT molecular complexity index is 636. The zero-order valence-electron chi connectivity index (χ0n) is 12.3. The minimum Gasteiger partial charge on any atom is -0.467 e. The molecule has 2 rings (SSSR count). The summed E-state index contributed by atoms with van der Waals surface area (Å²) in [5.74, 6) is -3.43. The number of aliphatic imine (C=N–C) groups is 1. The number of hydrogen-bond acceptors (Lipinski definition) is 6. The average Bonchev–Trinajstić information content (AvgIpc) is 2.53. The first kappa shape index (κ1) is 16.3. The van der Waals surface area contributed by atoms with Gasteiger partial charge in [-0.1, -0.05) is 30.3 Å². The summed E-state index contributed by atoms with van der Waals surface area (Å²) < 4.78 is 4.69. The number of imide groups is 2. The van der Waals surface area contributed by atoms with Gasteiger partial charge in [-0.25, -0.2) is 9.59 Å². The van der Waals surface area contributed by atoms with E-state index in [0.29, 0.717) is 0 Å². The summed E-state index contributed by atoms with van der Waals surface area (Å²) in [6.45, 7) is 0. The summed E-state index contributed by atoms with van der Waals surface area (Å²) in [4.78, 5) is 50.1. The van der Waals surface area contributed by atoms with Crippen LogP contribution in [-0.4, -0.2) is 43.2 Å². The average molecular weight is 317 g/mol. The maximum Gasteiger partial charge on any atom is 0.330 e. The Kier molecular flexibility index (Phi) is 5.19. The van der Waals surface area contributed by atoms with Gasteiger partial charge in [0.05, 0.1) is 7.11 Å². The molecule has 0 aliphatic carbocycles. The van der Waals surface area contributed by atoms with Gasteiger partial charge in [0.2, 0.25) is 11.8 Å². The van der Waals surface area contributed by atoms with Crippen molar-refractivity contribution >= 4 is 30.0 Å². The highest BCUT2D eigenvalue weighted by atomic mass is 16.5. The van der Waals surface area contributed by atoms with E-state index in [1.807, 2.05) is 41.0 Å². The first-order valence-corrected chi connectivity index (χ1v) is 6.82. The third kappa shape index (κ3) is 4.22. The number of methoxy groups -OCH3 is 1. The Hall–Kier alpha value is -3.03. The molecule has 1 saturated heterocycles. The van der Waals surface area contributed by atoms with Crippen LogP contribution >= 0.6 is 0 Å². The summed E-state index contributed by atoms with van der Waals surface area (Å²) >= 11 is 0. The molecule has 1 aromatic carbocycles. The number of carbonyl (C=O) groups is 4. The van der Waals surface area contributed by atoms with Crippen molar-refractivity contribution in [3.63, 3.8) is 0 Å². The Balaban J connectivity index is 2.14. The Morgan fingerprint density at radius 3 is 2.39 bits per heavy atom. The van der Waals surface area contributed by atoms with Crippen molar-refractivity contribution in [2.75, 3.05) is 7.11 Å². The molecular formula is C15H15N3O5. The maximum atomic E-state index is 11.8. The highest BCUT2D eigenvalue weighted by molar-refractivity contribution is 6.23. The zero-order chi connectivity index (χ0) is 16.8. The molecule has 8 heteroatoms. The minimum atomic E-state index is -1.27. The lowest BCUT2D eigenvalue weighted by molar-refractivity contribution is -0.142. The second-order valence-corrected chi connectivity index (χ2v) is 4.81. The fraction of sp³-hybridized carbons (Fsp3) is 0.267. The third-order valence-corrected chi connectivity index (χ3v) is 3.20. The molecule has 0 bridgehead atoms. The molecule has 0 radical (unpaired) electrons. The molecule has 1 aliphatic heterocycles. The van der Waals surface area contributed by atoms with Gasteiger partial charge in [-0.3, -0.25) is 25.2 Å². The normalized spacial score (nSPS) is 16.8. The number of barbiturate groups is 1. The number of esters is 1. The van der Waals surface area contributed by atoms with Crippen LogP contribution in [0.3, 0.4) is 0 Å². The number of urea groups is 1. The van der Waals surface area contributed by atoms with Gasteiger partial charge >= 0.3 is 12.0 Å². The summed E-state index contributed by atoms with van der Waals surface area (Å²) in [5.41, 5.74) is 0.854. The summed E-state index contributed by atoms with van der Waals surface area (Å²) in [6.07, 6.45) is 1.32. The summed E-state index contributed by atoms with van der Waals surface area (Å²) in [7, 11) is 1.23. The SMILES string of the molecule is COC(=O)[C@H](Cc1ccccc1)N=CC1C(=O)NC(=O)NC1=O. The molecule has 1 atom stereocenters. The van der Waals surface area contributed by atoms with Crippen LogP contribution in [0.15, 0.2) is 35.3 Å². The van der Waals surface area contributed by atoms with Crippen LogP contribution in [0.25, 0.3) is 0 Å². The van der Waals surface area contributed by atoms with Crippen molar-refractivity contribution in [2.45, 2.75) is 12.5 Å². The van der Waals surface area contributed by atoms with Crippen LogP contribution in [-0.2, 0) is 25.5 Å². The van der Waals surface area contributed by atoms with Gasteiger partial charge in [0.25, 0.3) is 0 Å². The monoisotopic (exact) mass is 317 g/mol. The smallest absolute Gasteiger partial charge is 0.330 e. The molecular weight excluding hydrogens is 302 g/mol. The quantitative estimate of drug-likeness (QED) is 0.444. The number of ether oxygens (including phenoxy) is 1. The Morgan fingerprint density at radius 2 is 1.83 bits per heavy atom. The van der Waals surface area contributed by atoms with Crippen molar-refractivity contribution in [2.24, 2.45) is 10.9 Å². The first-order valence-electron chi connectivity index (χ1n) is 6.82. The molecule has 0 spiro atoms. The van der Waals surface area contributed by atoms with E-state index >= 15 is 0 Å². The van der Waals surface area contributed by atoms with Gasteiger partial charge in [-0.05, 0) is 5.56 Å². The fourth-order valence-corrected chi connectivity index (χ4v) is 2.03. The second kappa shape index (κ2) is 7.30. The molecule has 2 N–H and O–H groups in total. The van der Waals surface area contributed by atoms with Gasteiger partial charge in [0, 0.05) is 12.6 Å². The molecule has 120 valence electrons. The zero-order valence-corrected chi connectivity index (χ0v) is 12.3. The van der Waals surface area contributed by atoms with Gasteiger partial charge < -0.3 is 4.74 Å². The molecule has 23 heavy (non-hydrogen) atoms. The predicted octanol–water partition coefficient (Wildman–Crippen LogP) is -0.176. The highest BCUT2D eigenvalue weighted by Crippen LogP contribution is 2.08. The minimum absolute atomic E-state index is 0.263. The molecule has 1 heterocycles. The van der Waals surface area contributed by atoms with Gasteiger partial charge in [0.15, 0.2) is 12.0 Å². The van der Waals surface area contributed by atoms with E-state index in [0.717, 1.165) is 11.8 Å². The van der Waals surface area contributed by atoms with Crippen molar-refractivity contribution in [3.8, 4) is 0 Å². The van der Waals surface area contributed by atoms with Crippen molar-refractivity contribution in [1.82, 2.24) is 10.6 Å². The van der Waals surface area contributed by atoms with Crippen LogP contribution < -0.4 is 10.6 Å². The Morgan fingerprint density at radius 1 is 1.22 bits per heavy atom. The molecule has 0 saturated carbocycles. The lowest BCUT2D eigenvalue weighted by Gasteiger charge is -2.18. The summed E-state index contributed by atoms with van der Waals surface area (Å²) in [5, 5.41) is 3.92. The number of hydrogen-bond donors (Lipinski definition) is 2. The van der Waals surface area contributed by atoms with E-state index in [1.165, 1.54) is 7.11 Å². The maximum absolute atomic E-state index is 11.8. The number of amides is 4. The van der Waals surface area contributed by atoms with Crippen LogP contribution in [0.1, 0.15) is 5.56 Å². The summed E-state index contributed by atoms with van der Waals surface area (Å²) in [6, 6.07) is 7.36. The van der Waals surface area contributed by atoms with Crippen molar-refractivity contribution in [1.29, 1.82) is 0 Å². The third-order valence-electron chi connectivity index (χ3n) is 3.20. The second-order valence-electron chi connectivity index (χ2n) is 4.81. The van der Waals surface area contributed by atoms with Gasteiger partial charge in [-0.2, -0.15) is 0 Å². The van der Waals surface area contributed by atoms with E-state index in [2.05, 4.69) is 9.73 Å². The van der Waals surface area contributed by atoms with E-state index in [-0.39, 0.29) is 6.42 Å². The van der Waals surface area contributed by atoms with Gasteiger partial charge in [0.1, 0.15) is 0 Å². The molecule has 0 unspecified atom stereocenters. The molecule has 1 aliphatic rings. The van der Waals surface area contributed by atoms with E-state index in [1.54, 1.807) is 0 Å². The molecule has 0 aromatic heterocycles. The molecule has 1 fully saturated rings. The number of carbonyl (C=O) groups excluding carboxylic acids is 4. The lowest BCUT2D eigenvalue weighted by Crippen LogP contribution is -2.56. The van der Waals surface area contributed by atoms with E-state index < -0.39 is 35.8 Å². The molecule has 4 amide bonds. The Labute approximate surface area is 131 Å². The van der Waals surface area contributed by atoms with Crippen LogP contribution in [0, 0.1) is 5.92 Å². The van der Waals surface area contributed by atoms with E-state index in [4.69, 9.17) is 0 Å². The molecule has 8 nitrogen and oxygen atoms in total. The van der Waals surface area contributed by atoms with Crippen LogP contribution in [0.4, 0.5) is 4.79 Å². The van der Waals surface area contributed by atoms with Crippen molar-refractivity contribution in [3.05, 3.63) is 35.9 Å². The van der Waals surface area contributed by atoms with Crippen LogP contribution in [0.2, 0.25) is 0 Å². The fourth-order valence-electron chi connectivity index (χ4n) is 2.03. The number of rotatable bonds is 5. The van der Waals surface area contributed by atoms with Crippen LogP contribution in [0.5, 0.6) is 0 Å². The lowest BCUT2D eigenvalue weighted by atomic mass is 10.1.